The SMILES string of the molecule is O=C(Nc1nc(-c2cccnc2)cs1)c1ccc(C(F)(F)F)cc1. The number of nitrogens with zero attached hydrogens (tertiary/aromatic N) is 2. The third-order valence-electron chi connectivity index (χ3n) is 3.16. The molecular formula is C16H10F3N3OS. The first-order valence-electron chi connectivity index (χ1n) is 6.78. The van der Waals surface area contributed by atoms with E-state index in [1.807, 2.05) is 6.07 Å². The first-order valence-corrected chi connectivity index (χ1v) is 7.66. The number of carbonyl (C=O) groups excluding carboxylic acids is 1. The predicted octanol–water partition coefficient (Wildman–Crippen LogP) is 4.48. The Morgan fingerprint density at radius 1 is 1.12 bits per heavy atom. The van der Waals surface area contributed by atoms with E-state index in [0.29, 0.717) is 10.8 Å². The third kappa shape index (κ3) is 3.60. The van der Waals surface area contributed by atoms with Crippen molar-refractivity contribution in [3.63, 3.8) is 0 Å². The molecule has 24 heavy (non-hydrogen) atoms. The minimum absolute atomic E-state index is 0.126. The van der Waals surface area contributed by atoms with Crippen molar-refractivity contribution in [1.29, 1.82) is 0 Å². The summed E-state index contributed by atoms with van der Waals surface area (Å²) < 4.78 is 37.6. The van der Waals surface area contributed by atoms with E-state index in [-0.39, 0.29) is 5.56 Å². The summed E-state index contributed by atoms with van der Waals surface area (Å²) in [5.74, 6) is -0.518. The van der Waals surface area contributed by atoms with Crippen molar-refractivity contribution in [1.82, 2.24) is 9.97 Å². The van der Waals surface area contributed by atoms with E-state index in [2.05, 4.69) is 15.3 Å². The van der Waals surface area contributed by atoms with E-state index >= 15 is 0 Å². The second-order valence-corrected chi connectivity index (χ2v) is 5.67. The molecule has 0 bridgehead atoms. The lowest BCUT2D eigenvalue weighted by Gasteiger charge is -2.07. The second kappa shape index (κ2) is 6.40. The van der Waals surface area contributed by atoms with Gasteiger partial charge in [0.05, 0.1) is 11.3 Å². The summed E-state index contributed by atoms with van der Waals surface area (Å²) in [6.45, 7) is 0. The van der Waals surface area contributed by atoms with Gasteiger partial charge in [-0.05, 0) is 36.4 Å². The molecule has 0 aliphatic carbocycles. The summed E-state index contributed by atoms with van der Waals surface area (Å²) in [4.78, 5) is 20.3. The van der Waals surface area contributed by atoms with Crippen LogP contribution in [0.25, 0.3) is 11.3 Å². The molecule has 2 heterocycles. The molecular weight excluding hydrogens is 339 g/mol. The highest BCUT2D eigenvalue weighted by Crippen LogP contribution is 2.29. The number of amides is 1. The molecule has 122 valence electrons. The van der Waals surface area contributed by atoms with Crippen LogP contribution in [-0.4, -0.2) is 15.9 Å². The highest BCUT2D eigenvalue weighted by molar-refractivity contribution is 7.14. The number of hydrogen-bond acceptors (Lipinski definition) is 4. The van der Waals surface area contributed by atoms with Gasteiger partial charge in [-0.2, -0.15) is 13.2 Å². The summed E-state index contributed by atoms with van der Waals surface area (Å²) in [6.07, 6.45) is -1.14. The molecule has 0 spiro atoms. The number of nitrogens with one attached hydrogen (secondary N) is 1. The van der Waals surface area contributed by atoms with Crippen molar-refractivity contribution < 1.29 is 18.0 Å². The molecule has 3 rings (SSSR count). The lowest BCUT2D eigenvalue weighted by molar-refractivity contribution is -0.137. The van der Waals surface area contributed by atoms with E-state index in [0.717, 1.165) is 29.8 Å². The number of carbonyl (C=O) groups is 1. The largest absolute Gasteiger partial charge is 0.416 e. The van der Waals surface area contributed by atoms with Crippen LogP contribution in [0.15, 0.2) is 54.2 Å². The fraction of sp³-hybridized carbons (Fsp3) is 0.0625. The van der Waals surface area contributed by atoms with Crippen LogP contribution >= 0.6 is 11.3 Å². The minimum Gasteiger partial charge on any atom is -0.298 e. The highest BCUT2D eigenvalue weighted by atomic mass is 32.1. The zero-order chi connectivity index (χ0) is 17.2. The van der Waals surface area contributed by atoms with Crippen LogP contribution in [0.5, 0.6) is 0 Å². The maximum Gasteiger partial charge on any atom is 0.416 e. The van der Waals surface area contributed by atoms with Gasteiger partial charge in [-0.25, -0.2) is 4.98 Å². The lowest BCUT2D eigenvalue weighted by atomic mass is 10.1. The summed E-state index contributed by atoms with van der Waals surface area (Å²) in [6, 6.07) is 7.62. The van der Waals surface area contributed by atoms with Crippen molar-refractivity contribution in [2.24, 2.45) is 0 Å². The van der Waals surface area contributed by atoms with Gasteiger partial charge in [-0.15, -0.1) is 11.3 Å². The Balaban J connectivity index is 1.72. The monoisotopic (exact) mass is 349 g/mol. The van der Waals surface area contributed by atoms with E-state index in [4.69, 9.17) is 0 Å². The Labute approximate surface area is 139 Å². The van der Waals surface area contributed by atoms with Crippen LogP contribution in [0.3, 0.4) is 0 Å². The van der Waals surface area contributed by atoms with Crippen LogP contribution in [0.1, 0.15) is 15.9 Å². The standard InChI is InChI=1S/C16H10F3N3OS/c17-16(18,19)12-5-3-10(4-6-12)14(23)22-15-21-13(9-24-15)11-2-1-7-20-8-11/h1-9H,(H,21,22,23). The van der Waals surface area contributed by atoms with Crippen LogP contribution in [0, 0.1) is 0 Å². The molecule has 0 saturated carbocycles. The summed E-state index contributed by atoms with van der Waals surface area (Å²) in [5, 5.41) is 4.70. The number of thiazole rings is 1. The van der Waals surface area contributed by atoms with Gasteiger partial charge < -0.3 is 0 Å². The number of anilines is 1. The van der Waals surface area contributed by atoms with Gasteiger partial charge in [-0.1, -0.05) is 0 Å². The van der Waals surface area contributed by atoms with Gasteiger partial charge in [0.2, 0.25) is 0 Å². The van der Waals surface area contributed by atoms with E-state index in [1.54, 1.807) is 23.8 Å². The topological polar surface area (TPSA) is 54.9 Å². The molecule has 0 radical (unpaired) electrons. The molecule has 1 aromatic carbocycles. The van der Waals surface area contributed by atoms with Crippen LogP contribution in [0.2, 0.25) is 0 Å². The van der Waals surface area contributed by atoms with Crippen LogP contribution < -0.4 is 5.32 Å². The first kappa shape index (κ1) is 16.1. The average molecular weight is 349 g/mol. The van der Waals surface area contributed by atoms with Crippen molar-refractivity contribution >= 4 is 22.4 Å². The predicted molar refractivity (Wildman–Crippen MR) is 84.7 cm³/mol. The molecule has 1 amide bonds. The van der Waals surface area contributed by atoms with Gasteiger partial charge in [-0.3, -0.25) is 15.1 Å². The van der Waals surface area contributed by atoms with Crippen LogP contribution in [0.4, 0.5) is 18.3 Å². The molecule has 0 saturated heterocycles. The summed E-state index contributed by atoms with van der Waals surface area (Å²) in [5.41, 5.74) is 0.799. The number of alkyl halides is 3. The molecule has 2 aromatic heterocycles. The van der Waals surface area contributed by atoms with E-state index in [9.17, 15) is 18.0 Å². The molecule has 0 fully saturated rings. The third-order valence-corrected chi connectivity index (χ3v) is 3.91. The summed E-state index contributed by atoms with van der Waals surface area (Å²) >= 11 is 1.22. The average Bonchev–Trinajstić information content (AvgIpc) is 3.03. The zero-order valence-electron chi connectivity index (χ0n) is 12.0. The van der Waals surface area contributed by atoms with Crippen molar-refractivity contribution in [2.75, 3.05) is 5.32 Å². The van der Waals surface area contributed by atoms with Gasteiger partial charge in [0.25, 0.3) is 5.91 Å². The maximum absolute atomic E-state index is 12.5. The van der Waals surface area contributed by atoms with E-state index in [1.165, 1.54) is 11.3 Å². The number of benzene rings is 1. The van der Waals surface area contributed by atoms with Gasteiger partial charge >= 0.3 is 6.18 Å². The highest BCUT2D eigenvalue weighted by Gasteiger charge is 2.30. The Morgan fingerprint density at radius 2 is 1.88 bits per heavy atom. The molecule has 0 aliphatic rings. The fourth-order valence-corrected chi connectivity index (χ4v) is 2.67. The molecule has 0 unspecified atom stereocenters. The fourth-order valence-electron chi connectivity index (χ4n) is 1.96. The molecule has 0 aliphatic heterocycles. The number of pyridine rings is 1. The van der Waals surface area contributed by atoms with Gasteiger partial charge in [0, 0.05) is 28.9 Å². The van der Waals surface area contributed by atoms with E-state index < -0.39 is 17.6 Å². The zero-order valence-corrected chi connectivity index (χ0v) is 12.9. The van der Waals surface area contributed by atoms with Crippen molar-refractivity contribution in [2.45, 2.75) is 6.18 Å². The van der Waals surface area contributed by atoms with Gasteiger partial charge in [0.1, 0.15) is 0 Å². The second-order valence-electron chi connectivity index (χ2n) is 4.81. The maximum atomic E-state index is 12.5. The minimum atomic E-state index is -4.43. The van der Waals surface area contributed by atoms with Crippen LogP contribution in [-0.2, 0) is 6.18 Å². The molecule has 0 atom stereocenters. The Kier molecular flexibility index (Phi) is 4.30. The number of rotatable bonds is 3. The number of halogens is 3. The Hall–Kier alpha value is -2.74. The quantitative estimate of drug-likeness (QED) is 0.759. The smallest absolute Gasteiger partial charge is 0.298 e. The first-order chi connectivity index (χ1) is 11.4. The molecule has 8 heteroatoms. The normalized spacial score (nSPS) is 11.3. The number of hydrogen-bond donors (Lipinski definition) is 1. The summed E-state index contributed by atoms with van der Waals surface area (Å²) in [7, 11) is 0. The Bertz CT molecular complexity index is 845. The van der Waals surface area contributed by atoms with Gasteiger partial charge in [0.15, 0.2) is 5.13 Å². The number of aromatic nitrogens is 2. The van der Waals surface area contributed by atoms with Crippen molar-refractivity contribution in [3.8, 4) is 11.3 Å². The molecule has 1 N–H and O–H groups in total. The molecule has 3 aromatic rings. The lowest BCUT2D eigenvalue weighted by Crippen LogP contribution is -2.12. The van der Waals surface area contributed by atoms with Crippen molar-refractivity contribution in [3.05, 3.63) is 65.3 Å². The molecule has 4 nitrogen and oxygen atoms in total. The Morgan fingerprint density at radius 3 is 2.50 bits per heavy atom.